The van der Waals surface area contributed by atoms with Gasteiger partial charge in [-0.1, -0.05) is 28.1 Å². The Morgan fingerprint density at radius 3 is 2.33 bits per heavy atom. The highest BCUT2D eigenvalue weighted by atomic mass is 79.9. The molecule has 2 aromatic rings. The number of ether oxygens (including phenoxy) is 1. The van der Waals surface area contributed by atoms with E-state index >= 15 is 0 Å². The van der Waals surface area contributed by atoms with E-state index in [-0.39, 0.29) is 11.3 Å². The molecule has 108 valence electrons. The van der Waals surface area contributed by atoms with E-state index in [1.807, 2.05) is 12.1 Å². The van der Waals surface area contributed by atoms with Gasteiger partial charge in [-0.25, -0.2) is 4.79 Å². The molecule has 0 spiro atoms. The fourth-order valence-corrected chi connectivity index (χ4v) is 2.70. The molecular formula is C15H12BrNO4. The molecule has 0 bridgehead atoms. The van der Waals surface area contributed by atoms with Crippen LogP contribution in [0.15, 0.2) is 40.9 Å². The van der Waals surface area contributed by atoms with Gasteiger partial charge in [-0.15, -0.1) is 0 Å². The molecule has 0 N–H and O–H groups in total. The molecule has 21 heavy (non-hydrogen) atoms. The second-order valence-electron chi connectivity index (χ2n) is 4.53. The number of nitro groups is 1. The second-order valence-corrected chi connectivity index (χ2v) is 5.45. The normalized spacial score (nSPS) is 10.2. The number of hydrogen-bond donors (Lipinski definition) is 0. The average molecular weight is 350 g/mol. The maximum absolute atomic E-state index is 12.2. The summed E-state index contributed by atoms with van der Waals surface area (Å²) in [6.45, 7) is 3.61. The minimum Gasteiger partial charge on any atom is -0.422 e. The first-order chi connectivity index (χ1) is 9.90. The summed E-state index contributed by atoms with van der Waals surface area (Å²) >= 11 is 3.36. The van der Waals surface area contributed by atoms with Crippen molar-refractivity contribution in [2.75, 3.05) is 0 Å². The molecule has 0 unspecified atom stereocenters. The van der Waals surface area contributed by atoms with Crippen molar-refractivity contribution < 1.29 is 14.5 Å². The van der Waals surface area contributed by atoms with Gasteiger partial charge in [-0.05, 0) is 43.2 Å². The molecule has 5 nitrogen and oxygen atoms in total. The Balaban J connectivity index is 2.38. The standard InChI is InChI=1S/C15H12BrNO4/c1-9-7-11(16)8-10(2)14(9)21-15(18)12-5-3-4-6-13(12)17(19)20/h3-8H,1-2H3. The fourth-order valence-electron chi connectivity index (χ4n) is 2.01. The third-order valence-corrected chi connectivity index (χ3v) is 3.40. The van der Waals surface area contributed by atoms with E-state index in [0.29, 0.717) is 5.75 Å². The summed E-state index contributed by atoms with van der Waals surface area (Å²) in [5, 5.41) is 10.9. The summed E-state index contributed by atoms with van der Waals surface area (Å²) in [5.74, 6) is -0.322. The highest BCUT2D eigenvalue weighted by molar-refractivity contribution is 9.10. The third-order valence-electron chi connectivity index (χ3n) is 2.94. The number of rotatable bonds is 3. The van der Waals surface area contributed by atoms with Crippen LogP contribution in [0.5, 0.6) is 5.75 Å². The third kappa shape index (κ3) is 3.28. The Bertz CT molecular complexity index is 704. The van der Waals surface area contributed by atoms with Crippen molar-refractivity contribution in [2.45, 2.75) is 13.8 Å². The van der Waals surface area contributed by atoms with Crippen LogP contribution < -0.4 is 4.74 Å². The maximum Gasteiger partial charge on any atom is 0.350 e. The van der Waals surface area contributed by atoms with Crippen LogP contribution in [0.1, 0.15) is 21.5 Å². The van der Waals surface area contributed by atoms with E-state index in [4.69, 9.17) is 4.74 Å². The van der Waals surface area contributed by atoms with Gasteiger partial charge in [0.25, 0.3) is 5.69 Å². The largest absolute Gasteiger partial charge is 0.422 e. The van der Waals surface area contributed by atoms with Crippen molar-refractivity contribution in [3.8, 4) is 5.75 Å². The minimum atomic E-state index is -0.740. The molecule has 0 amide bonds. The zero-order valence-corrected chi connectivity index (χ0v) is 13.0. The maximum atomic E-state index is 12.2. The van der Waals surface area contributed by atoms with Crippen molar-refractivity contribution in [2.24, 2.45) is 0 Å². The first kappa shape index (κ1) is 15.2. The molecule has 0 saturated heterocycles. The molecule has 0 saturated carbocycles. The lowest BCUT2D eigenvalue weighted by Crippen LogP contribution is -2.12. The number of halogens is 1. The Labute approximate surface area is 129 Å². The number of hydrogen-bond acceptors (Lipinski definition) is 4. The van der Waals surface area contributed by atoms with Gasteiger partial charge in [-0.2, -0.15) is 0 Å². The van der Waals surface area contributed by atoms with E-state index in [2.05, 4.69) is 15.9 Å². The van der Waals surface area contributed by atoms with Crippen LogP contribution in [-0.2, 0) is 0 Å². The fraction of sp³-hybridized carbons (Fsp3) is 0.133. The molecule has 0 heterocycles. The average Bonchev–Trinajstić information content (AvgIpc) is 2.42. The van der Waals surface area contributed by atoms with Gasteiger partial charge in [0, 0.05) is 10.5 Å². The molecule has 0 aliphatic rings. The lowest BCUT2D eigenvalue weighted by molar-refractivity contribution is -0.385. The summed E-state index contributed by atoms with van der Waals surface area (Å²) in [6.07, 6.45) is 0. The number of carbonyl (C=O) groups is 1. The minimum absolute atomic E-state index is 0.0655. The van der Waals surface area contributed by atoms with E-state index in [1.165, 1.54) is 18.2 Å². The van der Waals surface area contributed by atoms with Crippen molar-refractivity contribution >= 4 is 27.6 Å². The van der Waals surface area contributed by atoms with Crippen LogP contribution in [0.2, 0.25) is 0 Å². The number of nitro benzene ring substituents is 1. The van der Waals surface area contributed by atoms with Crippen LogP contribution in [-0.4, -0.2) is 10.9 Å². The molecular weight excluding hydrogens is 338 g/mol. The summed E-state index contributed by atoms with van der Waals surface area (Å²) in [6, 6.07) is 9.35. The number of aryl methyl sites for hydroxylation is 2. The Hall–Kier alpha value is -2.21. The topological polar surface area (TPSA) is 69.4 Å². The van der Waals surface area contributed by atoms with E-state index in [9.17, 15) is 14.9 Å². The van der Waals surface area contributed by atoms with Crippen LogP contribution in [0.3, 0.4) is 0 Å². The van der Waals surface area contributed by atoms with E-state index in [1.54, 1.807) is 19.9 Å². The summed E-state index contributed by atoms with van der Waals surface area (Å²) in [5.41, 5.74) is 1.21. The highest BCUT2D eigenvalue weighted by Gasteiger charge is 2.22. The number of esters is 1. The van der Waals surface area contributed by atoms with Crippen LogP contribution in [0, 0.1) is 24.0 Å². The van der Waals surface area contributed by atoms with Gasteiger partial charge < -0.3 is 4.74 Å². The number of benzene rings is 2. The van der Waals surface area contributed by atoms with Crippen LogP contribution in [0.25, 0.3) is 0 Å². The molecule has 0 aliphatic carbocycles. The Morgan fingerprint density at radius 1 is 1.19 bits per heavy atom. The number of carbonyl (C=O) groups excluding carboxylic acids is 1. The summed E-state index contributed by atoms with van der Waals surface area (Å²) in [7, 11) is 0. The van der Waals surface area contributed by atoms with Gasteiger partial charge in [-0.3, -0.25) is 10.1 Å². The van der Waals surface area contributed by atoms with Gasteiger partial charge in [0.05, 0.1) is 4.92 Å². The van der Waals surface area contributed by atoms with Gasteiger partial charge in [0.2, 0.25) is 0 Å². The van der Waals surface area contributed by atoms with Gasteiger partial charge in [0.1, 0.15) is 11.3 Å². The Kier molecular flexibility index (Phi) is 4.37. The summed E-state index contributed by atoms with van der Waals surface area (Å²) in [4.78, 5) is 22.5. The molecule has 0 fully saturated rings. The zero-order valence-electron chi connectivity index (χ0n) is 11.4. The quantitative estimate of drug-likeness (QED) is 0.360. The predicted molar refractivity (Wildman–Crippen MR) is 81.7 cm³/mol. The summed E-state index contributed by atoms with van der Waals surface area (Å²) < 4.78 is 6.22. The molecule has 2 aromatic carbocycles. The van der Waals surface area contributed by atoms with Crippen molar-refractivity contribution in [1.29, 1.82) is 0 Å². The molecule has 0 aromatic heterocycles. The van der Waals surface area contributed by atoms with Crippen molar-refractivity contribution in [1.82, 2.24) is 0 Å². The lowest BCUT2D eigenvalue weighted by atomic mass is 10.1. The molecule has 6 heteroatoms. The smallest absolute Gasteiger partial charge is 0.350 e. The van der Waals surface area contributed by atoms with Crippen molar-refractivity contribution in [3.63, 3.8) is 0 Å². The highest BCUT2D eigenvalue weighted by Crippen LogP contribution is 2.29. The van der Waals surface area contributed by atoms with E-state index in [0.717, 1.165) is 15.6 Å². The van der Waals surface area contributed by atoms with E-state index < -0.39 is 10.9 Å². The van der Waals surface area contributed by atoms with Gasteiger partial charge in [0.15, 0.2) is 0 Å². The van der Waals surface area contributed by atoms with Gasteiger partial charge >= 0.3 is 5.97 Å². The second kappa shape index (κ2) is 6.05. The number of nitrogens with zero attached hydrogens (tertiary/aromatic N) is 1. The molecule has 0 atom stereocenters. The van der Waals surface area contributed by atoms with Crippen molar-refractivity contribution in [3.05, 3.63) is 67.7 Å². The molecule has 0 radical (unpaired) electrons. The monoisotopic (exact) mass is 349 g/mol. The number of para-hydroxylation sites is 1. The lowest BCUT2D eigenvalue weighted by Gasteiger charge is -2.11. The first-order valence-corrected chi connectivity index (χ1v) is 6.92. The zero-order chi connectivity index (χ0) is 15.6. The SMILES string of the molecule is Cc1cc(Br)cc(C)c1OC(=O)c1ccccc1[N+](=O)[O-]. The first-order valence-electron chi connectivity index (χ1n) is 6.12. The Morgan fingerprint density at radius 2 is 1.76 bits per heavy atom. The molecule has 0 aliphatic heterocycles. The van der Waals surface area contributed by atoms with Crippen LogP contribution >= 0.6 is 15.9 Å². The molecule has 2 rings (SSSR count). The van der Waals surface area contributed by atoms with Crippen LogP contribution in [0.4, 0.5) is 5.69 Å². The predicted octanol–water partition coefficient (Wildman–Crippen LogP) is 4.19.